The number of benzene rings is 3. The van der Waals surface area contributed by atoms with Gasteiger partial charge in [-0.2, -0.15) is 5.01 Å². The van der Waals surface area contributed by atoms with E-state index in [-0.39, 0.29) is 52.4 Å². The fraction of sp³-hybridized carbons (Fsp3) is 0.333. The molecule has 2 heterocycles. The van der Waals surface area contributed by atoms with E-state index < -0.39 is 46.8 Å². The number of fused-ring (bicyclic) bond motifs is 4. The Labute approximate surface area is 292 Å². The Morgan fingerprint density at radius 1 is 0.857 bits per heavy atom. The number of carbonyl (C=O) groups is 4. The van der Waals surface area contributed by atoms with Crippen LogP contribution in [0.2, 0.25) is 10.0 Å². The molecule has 3 aromatic carbocycles. The number of phenols is 1. The summed E-state index contributed by atoms with van der Waals surface area (Å²) in [5.74, 6) is -5.01. The number of methoxy groups -OCH3 is 3. The van der Waals surface area contributed by atoms with Gasteiger partial charge in [-0.05, 0) is 54.7 Å². The van der Waals surface area contributed by atoms with Crippen molar-refractivity contribution in [2.45, 2.75) is 24.2 Å². The molecule has 2 aliphatic carbocycles. The van der Waals surface area contributed by atoms with E-state index in [0.717, 1.165) is 9.91 Å². The molecule has 0 aromatic heterocycles. The second-order valence-electron chi connectivity index (χ2n) is 12.7. The second-order valence-corrected chi connectivity index (χ2v) is 13.6. The van der Waals surface area contributed by atoms with Crippen molar-refractivity contribution in [2.24, 2.45) is 23.7 Å². The summed E-state index contributed by atoms with van der Waals surface area (Å²) in [5.41, 5.74) is 2.95. The molecule has 0 radical (unpaired) electrons. The van der Waals surface area contributed by atoms with Crippen molar-refractivity contribution < 1.29 is 38.5 Å². The number of carbonyl (C=O) groups excluding carboxylic acids is 4. The largest absolute Gasteiger partial charge is 0.507 e. The maximum Gasteiger partial charge on any atom is 0.260 e. The highest BCUT2D eigenvalue weighted by Crippen LogP contribution is 2.66. The normalized spacial score (nSPS) is 27.4. The fourth-order valence-corrected chi connectivity index (χ4v) is 8.93. The van der Waals surface area contributed by atoms with Gasteiger partial charge in [0.2, 0.25) is 11.8 Å². The molecule has 3 aromatic rings. The first-order valence-electron chi connectivity index (χ1n) is 15.7. The van der Waals surface area contributed by atoms with E-state index >= 15 is 4.79 Å². The van der Waals surface area contributed by atoms with Gasteiger partial charge in [-0.3, -0.25) is 29.5 Å². The predicted molar refractivity (Wildman–Crippen MR) is 180 cm³/mol. The number of amides is 4. The van der Waals surface area contributed by atoms with Crippen LogP contribution in [0.15, 0.2) is 66.2 Å². The monoisotopic (exact) mass is 705 g/mol. The van der Waals surface area contributed by atoms with E-state index in [1.165, 1.54) is 40.5 Å². The number of anilines is 1. The van der Waals surface area contributed by atoms with Gasteiger partial charge in [0, 0.05) is 35.7 Å². The molecular formula is C36H33Cl2N3O8. The number of ether oxygens (including phenoxy) is 3. The molecule has 49 heavy (non-hydrogen) atoms. The molecule has 11 nitrogen and oxygen atoms in total. The number of phenolic OH excluding ortho intramolecular Hbond substituents is 1. The van der Waals surface area contributed by atoms with Gasteiger partial charge in [0.1, 0.15) is 23.0 Å². The molecule has 1 saturated carbocycles. The summed E-state index contributed by atoms with van der Waals surface area (Å²) in [6.45, 7) is 0. The Hall–Kier alpha value is -4.74. The highest BCUT2D eigenvalue weighted by molar-refractivity contribution is 6.36. The number of hydrogen-bond donors (Lipinski definition) is 2. The third-order valence-corrected chi connectivity index (χ3v) is 11.2. The molecular weight excluding hydrogens is 673 g/mol. The summed E-state index contributed by atoms with van der Waals surface area (Å²) in [7, 11) is 5.88. The number of likely N-dealkylation sites (tertiary alicyclic amines) is 1. The lowest BCUT2D eigenvalue weighted by atomic mass is 9.49. The highest BCUT2D eigenvalue weighted by Gasteiger charge is 2.71. The van der Waals surface area contributed by atoms with E-state index in [2.05, 4.69) is 5.43 Å². The van der Waals surface area contributed by atoms with Gasteiger partial charge in [0.25, 0.3) is 11.8 Å². The van der Waals surface area contributed by atoms with Crippen LogP contribution >= 0.6 is 23.2 Å². The number of imide groups is 2. The summed E-state index contributed by atoms with van der Waals surface area (Å²) >= 11 is 12.6. The molecule has 2 saturated heterocycles. The third kappa shape index (κ3) is 4.69. The highest BCUT2D eigenvalue weighted by atomic mass is 35.5. The van der Waals surface area contributed by atoms with Crippen molar-refractivity contribution in [1.82, 2.24) is 9.91 Å². The quantitative estimate of drug-likeness (QED) is 0.247. The van der Waals surface area contributed by atoms with Gasteiger partial charge in [-0.1, -0.05) is 47.0 Å². The third-order valence-electron chi connectivity index (χ3n) is 10.6. The topological polar surface area (TPSA) is 135 Å². The summed E-state index contributed by atoms with van der Waals surface area (Å²) in [6.07, 6.45) is 2.23. The van der Waals surface area contributed by atoms with E-state index in [0.29, 0.717) is 27.7 Å². The minimum atomic E-state index is -1.67. The number of hydrazine groups is 1. The maximum absolute atomic E-state index is 15.3. The van der Waals surface area contributed by atoms with Crippen LogP contribution in [0.4, 0.5) is 5.69 Å². The van der Waals surface area contributed by atoms with Gasteiger partial charge in [-0.15, -0.1) is 0 Å². The van der Waals surface area contributed by atoms with Gasteiger partial charge in [-0.25, -0.2) is 0 Å². The lowest BCUT2D eigenvalue weighted by molar-refractivity contribution is -0.140. The molecule has 254 valence electrons. The zero-order chi connectivity index (χ0) is 34.9. The van der Waals surface area contributed by atoms with Crippen LogP contribution in [-0.2, 0) is 24.6 Å². The van der Waals surface area contributed by atoms with Crippen molar-refractivity contribution in [1.29, 1.82) is 0 Å². The first-order valence-corrected chi connectivity index (χ1v) is 16.4. The van der Waals surface area contributed by atoms with Crippen molar-refractivity contribution in [3.05, 3.63) is 87.4 Å². The molecule has 3 fully saturated rings. The van der Waals surface area contributed by atoms with Crippen LogP contribution in [0.25, 0.3) is 0 Å². The van der Waals surface area contributed by atoms with Crippen molar-refractivity contribution in [3.63, 3.8) is 0 Å². The van der Waals surface area contributed by atoms with E-state index in [1.54, 1.807) is 42.5 Å². The minimum Gasteiger partial charge on any atom is -0.507 e. The molecule has 13 heteroatoms. The Kier molecular flexibility index (Phi) is 8.03. The van der Waals surface area contributed by atoms with E-state index in [4.69, 9.17) is 37.4 Å². The molecule has 0 spiro atoms. The first kappa shape index (κ1) is 32.8. The van der Waals surface area contributed by atoms with Crippen LogP contribution in [0.1, 0.15) is 29.9 Å². The fourth-order valence-electron chi connectivity index (χ4n) is 8.48. The maximum atomic E-state index is 15.3. The lowest BCUT2D eigenvalue weighted by Crippen LogP contribution is -2.53. The van der Waals surface area contributed by atoms with E-state index in [9.17, 15) is 19.5 Å². The van der Waals surface area contributed by atoms with Gasteiger partial charge < -0.3 is 19.3 Å². The standard InChI is InChI=1S/C36H33Cl2N3O8/c1-40-32(43)22-11-10-21-23(29(22)34(40)45)16-24-33(44)41(39-26-12-7-18(37)13-25(26)38)35(46)36(24,17-5-8-19(47-2)9-6-17)31(21)30-27(42)14-20(48-3)15-28(30)49-4/h5-10,12-15,22-24,29,31,39,42H,11,16H2,1-4H3. The van der Waals surface area contributed by atoms with Crippen LogP contribution in [0, 0.1) is 23.7 Å². The molecule has 0 bridgehead atoms. The van der Waals surface area contributed by atoms with Crippen molar-refractivity contribution >= 4 is 52.5 Å². The van der Waals surface area contributed by atoms with Crippen molar-refractivity contribution in [2.75, 3.05) is 33.8 Å². The molecule has 6 atom stereocenters. The van der Waals surface area contributed by atoms with E-state index in [1.807, 2.05) is 6.08 Å². The first-order chi connectivity index (χ1) is 23.5. The number of halogens is 2. The van der Waals surface area contributed by atoms with Crippen LogP contribution in [0.3, 0.4) is 0 Å². The Morgan fingerprint density at radius 2 is 1.57 bits per heavy atom. The average Bonchev–Trinajstić information content (AvgIpc) is 3.45. The zero-order valence-corrected chi connectivity index (χ0v) is 28.5. The molecule has 4 aliphatic rings. The SMILES string of the molecule is COc1ccc(C23C(=O)N(Nc4ccc(Cl)cc4Cl)C(=O)C2CC2C(=CCC4C(=O)N(C)C(=O)C42)C3c2c(O)cc(OC)cc2OC)cc1. The second kappa shape index (κ2) is 12.0. The van der Waals surface area contributed by atoms with Gasteiger partial charge in [0.15, 0.2) is 0 Å². The number of hydrogen-bond acceptors (Lipinski definition) is 9. The molecule has 6 unspecified atom stereocenters. The van der Waals surface area contributed by atoms with Gasteiger partial charge >= 0.3 is 0 Å². The molecule has 7 rings (SSSR count). The number of nitrogens with zero attached hydrogens (tertiary/aromatic N) is 2. The predicted octanol–water partition coefficient (Wildman–Crippen LogP) is 5.34. The summed E-state index contributed by atoms with van der Waals surface area (Å²) in [6, 6.07) is 14.5. The van der Waals surface area contributed by atoms with Gasteiger partial charge in [0.05, 0.1) is 55.2 Å². The number of aromatic hydroxyl groups is 1. The summed E-state index contributed by atoms with van der Waals surface area (Å²) in [5, 5.41) is 13.3. The van der Waals surface area contributed by atoms with Crippen LogP contribution in [0.5, 0.6) is 23.0 Å². The van der Waals surface area contributed by atoms with Crippen molar-refractivity contribution in [3.8, 4) is 23.0 Å². The Morgan fingerprint density at radius 3 is 2.22 bits per heavy atom. The van der Waals surface area contributed by atoms with Crippen LogP contribution < -0.4 is 19.6 Å². The van der Waals surface area contributed by atoms with Crippen LogP contribution in [-0.4, -0.2) is 67.0 Å². The summed E-state index contributed by atoms with van der Waals surface area (Å²) < 4.78 is 16.7. The molecule has 2 N–H and O–H groups in total. The molecule has 4 amide bonds. The summed E-state index contributed by atoms with van der Waals surface area (Å²) in [4.78, 5) is 58.2. The lowest BCUT2D eigenvalue weighted by Gasteiger charge is -2.50. The Bertz CT molecular complexity index is 1950. The molecule has 2 aliphatic heterocycles. The number of allylic oxidation sites excluding steroid dienone is 2. The zero-order valence-electron chi connectivity index (χ0n) is 27.0. The minimum absolute atomic E-state index is 0.0821. The Balaban J connectivity index is 1.52. The number of nitrogens with one attached hydrogen (secondary N) is 1. The average molecular weight is 707 g/mol. The number of rotatable bonds is 7. The smallest absolute Gasteiger partial charge is 0.260 e.